The van der Waals surface area contributed by atoms with E-state index in [-0.39, 0.29) is 16.5 Å². The maximum atomic E-state index is 11.9. The van der Waals surface area contributed by atoms with E-state index in [1.165, 1.54) is 25.3 Å². The summed E-state index contributed by atoms with van der Waals surface area (Å²) in [7, 11) is 1.40. The lowest BCUT2D eigenvalue weighted by Gasteiger charge is -2.10. The van der Waals surface area contributed by atoms with Gasteiger partial charge in [0.15, 0.2) is 11.5 Å². The van der Waals surface area contributed by atoms with Crippen LogP contribution >= 0.6 is 11.6 Å². The Labute approximate surface area is 132 Å². The van der Waals surface area contributed by atoms with Crippen LogP contribution in [0.25, 0.3) is 6.08 Å². The Balaban J connectivity index is 2.18. The second-order valence-corrected chi connectivity index (χ2v) is 4.72. The van der Waals surface area contributed by atoms with Gasteiger partial charge in [0.1, 0.15) is 6.29 Å². The van der Waals surface area contributed by atoms with Gasteiger partial charge in [0, 0.05) is 11.6 Å². The third-order valence-electron chi connectivity index (χ3n) is 2.80. The van der Waals surface area contributed by atoms with E-state index in [4.69, 9.17) is 21.1 Å². The Bertz CT molecular complexity index is 708. The number of hydrogen-bond donors (Lipinski definition) is 0. The molecule has 0 radical (unpaired) electrons. The Kier molecular flexibility index (Phi) is 5.33. The minimum Gasteiger partial charge on any atom is -0.493 e. The Morgan fingerprint density at radius 3 is 2.50 bits per heavy atom. The van der Waals surface area contributed by atoms with E-state index in [1.54, 1.807) is 6.08 Å². The fraction of sp³-hybridized carbons (Fsp3) is 0.0588. The first-order valence-corrected chi connectivity index (χ1v) is 6.79. The molecule has 0 unspecified atom stereocenters. The molecule has 22 heavy (non-hydrogen) atoms. The van der Waals surface area contributed by atoms with Crippen molar-refractivity contribution in [1.82, 2.24) is 0 Å². The lowest BCUT2D eigenvalue weighted by Crippen LogP contribution is -2.06. The lowest BCUT2D eigenvalue weighted by molar-refractivity contribution is -0.129. The highest BCUT2D eigenvalue weighted by molar-refractivity contribution is 6.32. The van der Waals surface area contributed by atoms with Crippen molar-refractivity contribution in [3.8, 4) is 11.5 Å². The smallest absolute Gasteiger partial charge is 0.336 e. The van der Waals surface area contributed by atoms with Crippen LogP contribution in [0.5, 0.6) is 11.5 Å². The summed E-state index contributed by atoms with van der Waals surface area (Å²) in [6.07, 6.45) is 3.55. The van der Waals surface area contributed by atoms with Crippen LogP contribution in [0.2, 0.25) is 5.02 Å². The number of ether oxygens (including phenoxy) is 2. The fourth-order valence-electron chi connectivity index (χ4n) is 1.77. The van der Waals surface area contributed by atoms with Crippen molar-refractivity contribution in [1.29, 1.82) is 0 Å². The summed E-state index contributed by atoms with van der Waals surface area (Å²) in [4.78, 5) is 22.7. The molecule has 0 aliphatic heterocycles. The number of aldehydes is 1. The molecule has 0 saturated carbocycles. The summed E-state index contributed by atoms with van der Waals surface area (Å²) < 4.78 is 10.3. The highest BCUT2D eigenvalue weighted by Crippen LogP contribution is 2.36. The van der Waals surface area contributed by atoms with Crippen LogP contribution in [-0.2, 0) is 4.79 Å². The number of carbonyl (C=O) groups excluding carboxylic acids is 2. The van der Waals surface area contributed by atoms with Gasteiger partial charge in [-0.1, -0.05) is 41.9 Å². The minimum absolute atomic E-state index is 0.0810. The Morgan fingerprint density at radius 1 is 1.14 bits per heavy atom. The van der Waals surface area contributed by atoms with Gasteiger partial charge in [0.25, 0.3) is 0 Å². The van der Waals surface area contributed by atoms with Gasteiger partial charge in [0.05, 0.1) is 12.1 Å². The molecule has 0 saturated heterocycles. The topological polar surface area (TPSA) is 52.6 Å². The van der Waals surface area contributed by atoms with Crippen LogP contribution in [0.4, 0.5) is 0 Å². The fourth-order valence-corrected chi connectivity index (χ4v) is 2.03. The summed E-state index contributed by atoms with van der Waals surface area (Å²) in [5, 5.41) is 0.128. The molecule has 2 rings (SSSR count). The zero-order valence-electron chi connectivity index (χ0n) is 11.8. The average molecular weight is 317 g/mol. The van der Waals surface area contributed by atoms with Gasteiger partial charge >= 0.3 is 5.97 Å². The number of halogens is 1. The molecule has 2 aromatic carbocycles. The van der Waals surface area contributed by atoms with Gasteiger partial charge in [-0.2, -0.15) is 0 Å². The van der Waals surface area contributed by atoms with E-state index in [9.17, 15) is 9.59 Å². The van der Waals surface area contributed by atoms with Crippen molar-refractivity contribution in [2.24, 2.45) is 0 Å². The number of methoxy groups -OCH3 is 1. The molecular weight excluding hydrogens is 304 g/mol. The van der Waals surface area contributed by atoms with E-state index in [2.05, 4.69) is 0 Å². The van der Waals surface area contributed by atoms with Crippen molar-refractivity contribution >= 4 is 29.9 Å². The summed E-state index contributed by atoms with van der Waals surface area (Å²) >= 11 is 6.01. The molecule has 0 aliphatic rings. The zero-order valence-corrected chi connectivity index (χ0v) is 12.5. The second-order valence-electron chi connectivity index (χ2n) is 4.32. The number of esters is 1. The molecular formula is C17H13ClO4. The van der Waals surface area contributed by atoms with Crippen molar-refractivity contribution in [2.75, 3.05) is 7.11 Å². The van der Waals surface area contributed by atoms with Crippen LogP contribution in [-0.4, -0.2) is 19.4 Å². The summed E-state index contributed by atoms with van der Waals surface area (Å²) in [6.45, 7) is 0. The van der Waals surface area contributed by atoms with Gasteiger partial charge in [-0.05, 0) is 23.8 Å². The van der Waals surface area contributed by atoms with Gasteiger partial charge in [-0.15, -0.1) is 0 Å². The molecule has 0 bridgehead atoms. The van der Waals surface area contributed by atoms with E-state index < -0.39 is 5.97 Å². The molecule has 112 valence electrons. The van der Waals surface area contributed by atoms with Crippen LogP contribution in [0.15, 0.2) is 48.5 Å². The number of rotatable bonds is 5. The number of carbonyl (C=O) groups is 2. The Morgan fingerprint density at radius 2 is 1.86 bits per heavy atom. The first-order chi connectivity index (χ1) is 10.6. The molecule has 0 heterocycles. The maximum absolute atomic E-state index is 11.9. The quantitative estimate of drug-likeness (QED) is 0.364. The minimum atomic E-state index is -0.595. The summed E-state index contributed by atoms with van der Waals surface area (Å²) in [6, 6.07) is 12.2. The monoisotopic (exact) mass is 316 g/mol. The van der Waals surface area contributed by atoms with Crippen molar-refractivity contribution in [3.05, 3.63) is 64.7 Å². The van der Waals surface area contributed by atoms with Crippen molar-refractivity contribution < 1.29 is 19.1 Å². The van der Waals surface area contributed by atoms with Gasteiger partial charge in [0.2, 0.25) is 0 Å². The normalized spacial score (nSPS) is 10.5. The van der Waals surface area contributed by atoms with Gasteiger partial charge < -0.3 is 9.47 Å². The zero-order chi connectivity index (χ0) is 15.9. The highest BCUT2D eigenvalue weighted by Gasteiger charge is 2.14. The van der Waals surface area contributed by atoms with Gasteiger partial charge in [-0.3, -0.25) is 4.79 Å². The molecule has 0 fully saturated rings. The molecule has 4 nitrogen and oxygen atoms in total. The standard InChI is InChI=1S/C17H13ClO4/c1-21-15-10-13(11-19)9-14(18)17(15)22-16(20)8-7-12-5-3-2-4-6-12/h2-11H,1H3/b8-7+. The second kappa shape index (κ2) is 7.43. The largest absolute Gasteiger partial charge is 0.493 e. The molecule has 2 aromatic rings. The van der Waals surface area contributed by atoms with E-state index in [1.807, 2.05) is 30.3 Å². The predicted molar refractivity (Wildman–Crippen MR) is 84.5 cm³/mol. The Hall–Kier alpha value is -2.59. The molecule has 0 aromatic heterocycles. The van der Waals surface area contributed by atoms with Gasteiger partial charge in [-0.25, -0.2) is 4.79 Å². The van der Waals surface area contributed by atoms with Crippen molar-refractivity contribution in [3.63, 3.8) is 0 Å². The van der Waals surface area contributed by atoms with Crippen LogP contribution in [0, 0.1) is 0 Å². The SMILES string of the molecule is COc1cc(C=O)cc(Cl)c1OC(=O)/C=C/c1ccccc1. The lowest BCUT2D eigenvalue weighted by atomic mass is 10.2. The molecule has 0 N–H and O–H groups in total. The molecule has 0 spiro atoms. The van der Waals surface area contributed by atoms with Crippen LogP contribution < -0.4 is 9.47 Å². The van der Waals surface area contributed by atoms with E-state index in [0.717, 1.165) is 5.56 Å². The highest BCUT2D eigenvalue weighted by atomic mass is 35.5. The predicted octanol–water partition coefficient (Wildman–Crippen LogP) is 3.78. The maximum Gasteiger partial charge on any atom is 0.336 e. The molecule has 5 heteroatoms. The van der Waals surface area contributed by atoms with E-state index >= 15 is 0 Å². The molecule has 0 aliphatic carbocycles. The van der Waals surface area contributed by atoms with E-state index in [0.29, 0.717) is 11.8 Å². The third kappa shape index (κ3) is 3.96. The number of hydrogen-bond acceptors (Lipinski definition) is 4. The molecule has 0 atom stereocenters. The molecule has 0 amide bonds. The third-order valence-corrected chi connectivity index (χ3v) is 3.08. The number of benzene rings is 2. The summed E-state index contributed by atoms with van der Waals surface area (Å²) in [5.74, 6) is -0.295. The first-order valence-electron chi connectivity index (χ1n) is 6.41. The summed E-state index contributed by atoms with van der Waals surface area (Å²) in [5.41, 5.74) is 1.20. The first kappa shape index (κ1) is 15.8. The average Bonchev–Trinajstić information content (AvgIpc) is 2.55. The van der Waals surface area contributed by atoms with Crippen LogP contribution in [0.3, 0.4) is 0 Å². The van der Waals surface area contributed by atoms with Crippen LogP contribution in [0.1, 0.15) is 15.9 Å². The van der Waals surface area contributed by atoms with Crippen molar-refractivity contribution in [2.45, 2.75) is 0 Å².